The molecule has 1 aromatic rings. The Hall–Kier alpha value is -1.79. The van der Waals surface area contributed by atoms with Crippen LogP contribution in [0.3, 0.4) is 0 Å². The third-order valence-corrected chi connectivity index (χ3v) is 2.61. The van der Waals surface area contributed by atoms with E-state index in [0.29, 0.717) is 17.9 Å². The van der Waals surface area contributed by atoms with Crippen molar-refractivity contribution in [3.63, 3.8) is 0 Å². The third-order valence-electron chi connectivity index (χ3n) is 2.61. The van der Waals surface area contributed by atoms with Crippen LogP contribution in [0.15, 0.2) is 18.2 Å². The molecular formula is C14H19O6. The molecule has 0 aromatic heterocycles. The van der Waals surface area contributed by atoms with Crippen LogP contribution in [0.1, 0.15) is 23.7 Å². The van der Waals surface area contributed by atoms with Crippen LogP contribution < -0.4 is 9.47 Å². The van der Waals surface area contributed by atoms with E-state index in [0.717, 1.165) is 0 Å². The highest BCUT2D eigenvalue weighted by molar-refractivity contribution is 5.90. The van der Waals surface area contributed by atoms with Gasteiger partial charge in [-0.05, 0) is 19.1 Å². The van der Waals surface area contributed by atoms with E-state index in [1.807, 2.05) is 6.92 Å². The minimum absolute atomic E-state index is 0.00869. The van der Waals surface area contributed by atoms with Gasteiger partial charge in [-0.1, -0.05) is 0 Å². The maximum absolute atomic E-state index is 11.8. The van der Waals surface area contributed by atoms with E-state index in [1.54, 1.807) is 13.2 Å². The first-order chi connectivity index (χ1) is 9.60. The van der Waals surface area contributed by atoms with Crippen molar-refractivity contribution in [2.75, 3.05) is 21.3 Å². The summed E-state index contributed by atoms with van der Waals surface area (Å²) in [5.74, 6) is 0.352. The molecule has 6 nitrogen and oxygen atoms in total. The molecule has 0 saturated carbocycles. The normalized spacial score (nSPS) is 11.8. The predicted molar refractivity (Wildman–Crippen MR) is 71.4 cm³/mol. The summed E-state index contributed by atoms with van der Waals surface area (Å²) >= 11 is 0. The second-order valence-electron chi connectivity index (χ2n) is 4.02. The highest BCUT2D eigenvalue weighted by atomic mass is 17.2. The SMILES string of the molecule is COc1cc(OC)cc(C(=O)OO[CH]CC(C)OC)c1. The number of hydrogen-bond acceptors (Lipinski definition) is 6. The van der Waals surface area contributed by atoms with Gasteiger partial charge in [-0.15, -0.1) is 0 Å². The van der Waals surface area contributed by atoms with E-state index in [1.165, 1.54) is 33.0 Å². The lowest BCUT2D eigenvalue weighted by molar-refractivity contribution is -0.215. The van der Waals surface area contributed by atoms with Gasteiger partial charge in [-0.3, -0.25) is 4.89 Å². The van der Waals surface area contributed by atoms with Crippen LogP contribution in [0, 0.1) is 6.61 Å². The first kappa shape index (κ1) is 16.3. The van der Waals surface area contributed by atoms with Gasteiger partial charge >= 0.3 is 5.97 Å². The number of carbonyl (C=O) groups is 1. The summed E-state index contributed by atoms with van der Waals surface area (Å²) in [6.45, 7) is 3.23. The second-order valence-corrected chi connectivity index (χ2v) is 4.02. The summed E-state index contributed by atoms with van der Waals surface area (Å²) in [5, 5.41) is 0. The Morgan fingerprint density at radius 1 is 1.15 bits per heavy atom. The molecule has 0 heterocycles. The van der Waals surface area contributed by atoms with Crippen molar-refractivity contribution in [3.05, 3.63) is 30.4 Å². The number of methoxy groups -OCH3 is 3. The molecule has 1 atom stereocenters. The Morgan fingerprint density at radius 2 is 1.75 bits per heavy atom. The van der Waals surface area contributed by atoms with Crippen LogP contribution in [-0.4, -0.2) is 33.4 Å². The van der Waals surface area contributed by atoms with Crippen LogP contribution >= 0.6 is 0 Å². The highest BCUT2D eigenvalue weighted by Gasteiger charge is 2.12. The number of benzene rings is 1. The average Bonchev–Trinajstić information content (AvgIpc) is 2.50. The van der Waals surface area contributed by atoms with Gasteiger partial charge in [0.2, 0.25) is 0 Å². The fourth-order valence-corrected chi connectivity index (χ4v) is 1.32. The average molecular weight is 283 g/mol. The molecule has 1 radical (unpaired) electrons. The van der Waals surface area contributed by atoms with Gasteiger partial charge in [0, 0.05) is 19.6 Å². The quantitative estimate of drug-likeness (QED) is 0.414. The summed E-state index contributed by atoms with van der Waals surface area (Å²) in [4.78, 5) is 21.2. The summed E-state index contributed by atoms with van der Waals surface area (Å²) in [7, 11) is 4.59. The maximum atomic E-state index is 11.8. The second kappa shape index (κ2) is 8.39. The van der Waals surface area contributed by atoms with Gasteiger partial charge in [-0.2, -0.15) is 4.89 Å². The van der Waals surface area contributed by atoms with Crippen molar-refractivity contribution in [2.24, 2.45) is 0 Å². The van der Waals surface area contributed by atoms with E-state index in [-0.39, 0.29) is 11.7 Å². The lowest BCUT2D eigenvalue weighted by Crippen LogP contribution is -2.09. The molecule has 0 aliphatic rings. The molecule has 0 amide bonds. The molecule has 0 N–H and O–H groups in total. The molecule has 20 heavy (non-hydrogen) atoms. The minimum atomic E-state index is -0.636. The maximum Gasteiger partial charge on any atom is 0.373 e. The number of rotatable bonds is 8. The Balaban J connectivity index is 2.54. The fraction of sp³-hybridized carbons (Fsp3) is 0.429. The van der Waals surface area contributed by atoms with Crippen molar-refractivity contribution in [3.8, 4) is 11.5 Å². The Kier molecular flexibility index (Phi) is 6.83. The zero-order valence-electron chi connectivity index (χ0n) is 12.0. The van der Waals surface area contributed by atoms with Gasteiger partial charge in [0.05, 0.1) is 25.9 Å². The molecule has 1 unspecified atom stereocenters. The van der Waals surface area contributed by atoms with Crippen molar-refractivity contribution in [2.45, 2.75) is 19.4 Å². The van der Waals surface area contributed by atoms with Crippen molar-refractivity contribution < 1.29 is 28.8 Å². The first-order valence-electron chi connectivity index (χ1n) is 6.06. The zero-order chi connectivity index (χ0) is 15.0. The zero-order valence-corrected chi connectivity index (χ0v) is 12.0. The molecule has 1 aromatic carbocycles. The van der Waals surface area contributed by atoms with Gasteiger partial charge in [-0.25, -0.2) is 4.79 Å². The molecule has 0 fully saturated rings. The minimum Gasteiger partial charge on any atom is -0.497 e. The van der Waals surface area contributed by atoms with Gasteiger partial charge in [0.25, 0.3) is 0 Å². The molecule has 1 rings (SSSR count). The van der Waals surface area contributed by atoms with E-state index in [9.17, 15) is 4.79 Å². The number of carbonyl (C=O) groups excluding carboxylic acids is 1. The predicted octanol–water partition coefficient (Wildman–Crippen LogP) is 2.38. The van der Waals surface area contributed by atoms with Crippen LogP contribution in [0.4, 0.5) is 0 Å². The van der Waals surface area contributed by atoms with E-state index in [2.05, 4.69) is 4.89 Å². The Labute approximate surface area is 118 Å². The lowest BCUT2D eigenvalue weighted by atomic mass is 10.2. The van der Waals surface area contributed by atoms with Crippen LogP contribution in [0.25, 0.3) is 0 Å². The molecule has 0 saturated heterocycles. The van der Waals surface area contributed by atoms with Crippen LogP contribution in [0.2, 0.25) is 0 Å². The standard InChI is InChI=1S/C14H19O6/c1-10(16-2)5-6-19-20-14(15)11-7-12(17-3)9-13(8-11)18-4/h6-10H,5H2,1-4H3. The molecule has 111 valence electrons. The summed E-state index contributed by atoms with van der Waals surface area (Å²) in [6, 6.07) is 4.72. The Bertz CT molecular complexity index is 409. The van der Waals surface area contributed by atoms with Crippen LogP contribution in [-0.2, 0) is 14.5 Å². The largest absolute Gasteiger partial charge is 0.497 e. The monoisotopic (exact) mass is 283 g/mol. The molecule has 6 heteroatoms. The Morgan fingerprint density at radius 3 is 2.25 bits per heavy atom. The molecule has 0 spiro atoms. The van der Waals surface area contributed by atoms with Gasteiger partial charge in [0.15, 0.2) is 0 Å². The molecule has 0 aliphatic carbocycles. The van der Waals surface area contributed by atoms with Gasteiger partial charge in [0.1, 0.15) is 18.1 Å². The van der Waals surface area contributed by atoms with Crippen molar-refractivity contribution in [1.29, 1.82) is 0 Å². The molecule has 0 aliphatic heterocycles. The lowest BCUT2D eigenvalue weighted by Gasteiger charge is -2.09. The van der Waals surface area contributed by atoms with E-state index in [4.69, 9.17) is 19.1 Å². The number of hydrogen-bond donors (Lipinski definition) is 0. The van der Waals surface area contributed by atoms with Crippen LogP contribution in [0.5, 0.6) is 11.5 Å². The topological polar surface area (TPSA) is 63.2 Å². The van der Waals surface area contributed by atoms with Crippen molar-refractivity contribution in [1.82, 2.24) is 0 Å². The summed E-state index contributed by atoms with van der Waals surface area (Å²) < 4.78 is 15.2. The first-order valence-corrected chi connectivity index (χ1v) is 6.06. The highest BCUT2D eigenvalue weighted by Crippen LogP contribution is 2.23. The summed E-state index contributed by atoms with van der Waals surface area (Å²) in [6.07, 6.45) is 0.496. The van der Waals surface area contributed by atoms with E-state index < -0.39 is 5.97 Å². The third kappa shape index (κ3) is 5.07. The van der Waals surface area contributed by atoms with Gasteiger partial charge < -0.3 is 14.2 Å². The summed E-state index contributed by atoms with van der Waals surface area (Å²) in [5.41, 5.74) is 0.273. The molecular weight excluding hydrogens is 264 g/mol. The number of ether oxygens (including phenoxy) is 3. The fourth-order valence-electron chi connectivity index (χ4n) is 1.32. The van der Waals surface area contributed by atoms with Crippen molar-refractivity contribution >= 4 is 5.97 Å². The van der Waals surface area contributed by atoms with E-state index >= 15 is 0 Å². The molecule has 0 bridgehead atoms. The smallest absolute Gasteiger partial charge is 0.373 e.